The van der Waals surface area contributed by atoms with E-state index in [2.05, 4.69) is 0 Å². The lowest BCUT2D eigenvalue weighted by Gasteiger charge is -2.47. The van der Waals surface area contributed by atoms with Crippen molar-refractivity contribution >= 4 is 143 Å². The largest absolute Gasteiger partial charge is 0.419 e. The minimum atomic E-state index is -5.40. The van der Waals surface area contributed by atoms with E-state index >= 15 is 39.5 Å². The lowest BCUT2D eigenvalue weighted by atomic mass is 9.30. The number of benzene rings is 14. The van der Waals surface area contributed by atoms with Gasteiger partial charge in [0.2, 0.25) is 6.71 Å². The number of fused-ring (bicyclic) bond motifs is 8. The Morgan fingerprint density at radius 2 is 0.726 bits per heavy atom. The first kappa shape index (κ1) is 65.7. The minimum Gasteiger partial charge on any atom is -0.311 e. The van der Waals surface area contributed by atoms with Gasteiger partial charge in [-0.1, -0.05) is 181 Å². The number of rotatable bonds is 11. The van der Waals surface area contributed by atoms with Crippen LogP contribution in [0.25, 0.3) is 22.3 Å². The number of alkyl halides is 6. The normalized spacial score (nSPS) is 13.2. The van der Waals surface area contributed by atoms with Gasteiger partial charge in [-0.2, -0.15) is 26.3 Å². The average molecular weight is 1430 g/mol. The zero-order valence-corrected chi connectivity index (χ0v) is 55.9. The maximum absolute atomic E-state index is 18.3. The maximum atomic E-state index is 18.3. The van der Waals surface area contributed by atoms with Crippen LogP contribution in [-0.4, -0.2) is 13.4 Å². The molecule has 0 saturated heterocycles. The zero-order valence-electron chi connectivity index (χ0n) is 55.1. The Hall–Kier alpha value is -12.3. The van der Waals surface area contributed by atoms with Crippen molar-refractivity contribution in [2.45, 2.75) is 22.1 Å². The van der Waals surface area contributed by atoms with Gasteiger partial charge in [0.05, 0.1) is 22.5 Å². The summed E-state index contributed by atoms with van der Waals surface area (Å²) in [5.74, 6) is -6.19. The molecule has 4 heterocycles. The second-order valence-corrected chi connectivity index (χ2v) is 27.1. The van der Waals surface area contributed by atoms with E-state index < -0.39 is 94.6 Å². The van der Waals surface area contributed by atoms with Crippen molar-refractivity contribution in [2.75, 3.05) is 24.5 Å². The summed E-state index contributed by atoms with van der Waals surface area (Å²) in [4.78, 5) is 6.92. The summed E-state index contributed by atoms with van der Waals surface area (Å²) in [6.45, 7) is -2.54. The predicted molar refractivity (Wildman–Crippen MR) is 400 cm³/mol. The summed E-state index contributed by atoms with van der Waals surface area (Å²) in [6.07, 6.45) is -10.3. The molecule has 0 spiro atoms. The van der Waals surface area contributed by atoms with E-state index in [1.165, 1.54) is 49.9 Å². The van der Waals surface area contributed by atoms with Gasteiger partial charge in [0.25, 0.3) is 6.71 Å². The van der Waals surface area contributed by atoms with E-state index in [0.717, 1.165) is 107 Å². The standard InChI is InChI=1S/C86H49B2F12N5S/c89-65-28-15-29-66(90)81(65)102(55-23-8-3-9-24-55)59-45-73-78-74(46-59)104(82-67(91)30-16-31-68(82)92)71-34-12-10-26-61(71)87(78)63-49-64-84(77(86(98,99)100)80(63)103(73)57-42-38-54(39-43-57)85(95,96)97)106-76-48-60(47-75-79(76)88(64)62-27-11-13-35-72(62)105(75)83-69(93)32-17-33-70(83)94)101(56-40-36-52(37-41-56)50-18-4-1-5-19-50)58-25-14-22-53(44-58)51-20-6-2-7-21-51/h1-49H. The number of anilines is 15. The quantitative estimate of drug-likeness (QED) is 0.0941. The Bertz CT molecular complexity index is 5810. The molecule has 0 aliphatic carbocycles. The third-order valence-electron chi connectivity index (χ3n) is 20.1. The number of hydrogen-bond donors (Lipinski definition) is 0. The van der Waals surface area contributed by atoms with Gasteiger partial charge in [0, 0.05) is 66.7 Å². The van der Waals surface area contributed by atoms with Crippen LogP contribution in [0.1, 0.15) is 11.1 Å². The third-order valence-corrected chi connectivity index (χ3v) is 21.3. The van der Waals surface area contributed by atoms with E-state index in [4.69, 9.17) is 0 Å². The van der Waals surface area contributed by atoms with Crippen LogP contribution in [0.3, 0.4) is 0 Å². The van der Waals surface area contributed by atoms with Gasteiger partial charge in [0.1, 0.15) is 52.0 Å². The second-order valence-electron chi connectivity index (χ2n) is 26.1. The highest BCUT2D eigenvalue weighted by molar-refractivity contribution is 8.00. The van der Waals surface area contributed by atoms with Crippen molar-refractivity contribution in [1.29, 1.82) is 0 Å². The van der Waals surface area contributed by atoms with E-state index in [0.29, 0.717) is 28.0 Å². The molecule has 514 valence electrons. The van der Waals surface area contributed by atoms with Gasteiger partial charge < -0.3 is 24.5 Å². The topological polar surface area (TPSA) is 16.2 Å². The Balaban J connectivity index is 0.960. The summed E-state index contributed by atoms with van der Waals surface area (Å²) in [5.41, 5.74) is 1.42. The third kappa shape index (κ3) is 10.7. The maximum Gasteiger partial charge on any atom is 0.419 e. The summed E-state index contributed by atoms with van der Waals surface area (Å²) in [6, 6.07) is 77.2. The second kappa shape index (κ2) is 25.3. The highest BCUT2D eigenvalue weighted by Crippen LogP contribution is 2.56. The highest BCUT2D eigenvalue weighted by Gasteiger charge is 2.53. The molecule has 14 aromatic carbocycles. The number of nitrogens with zero attached hydrogens (tertiary/aromatic N) is 5. The lowest BCUT2D eigenvalue weighted by Crippen LogP contribution is -2.65. The molecule has 18 rings (SSSR count). The molecule has 0 unspecified atom stereocenters. The molecule has 0 radical (unpaired) electrons. The molecule has 0 bridgehead atoms. The van der Waals surface area contributed by atoms with Crippen molar-refractivity contribution in [3.63, 3.8) is 0 Å². The van der Waals surface area contributed by atoms with E-state index in [1.807, 2.05) is 114 Å². The highest BCUT2D eigenvalue weighted by atomic mass is 32.2. The van der Waals surface area contributed by atoms with Crippen molar-refractivity contribution in [3.8, 4) is 22.3 Å². The zero-order chi connectivity index (χ0) is 72.6. The smallest absolute Gasteiger partial charge is 0.311 e. The van der Waals surface area contributed by atoms with Gasteiger partial charge in [-0.15, -0.1) is 0 Å². The fourth-order valence-corrected chi connectivity index (χ4v) is 17.1. The van der Waals surface area contributed by atoms with E-state index in [9.17, 15) is 13.2 Å². The first-order valence-corrected chi connectivity index (χ1v) is 34.5. The Labute approximate surface area is 604 Å². The molecule has 0 saturated carbocycles. The Morgan fingerprint density at radius 3 is 1.27 bits per heavy atom. The van der Waals surface area contributed by atoms with Gasteiger partial charge >= 0.3 is 12.4 Å². The van der Waals surface area contributed by atoms with Gasteiger partial charge in [0.15, 0.2) is 0 Å². The molecular weight excluding hydrogens is 1380 g/mol. The first-order chi connectivity index (χ1) is 51.4. The van der Waals surface area contributed by atoms with E-state index in [-0.39, 0.29) is 77.1 Å². The molecule has 0 fully saturated rings. The number of hydrogen-bond acceptors (Lipinski definition) is 6. The summed E-state index contributed by atoms with van der Waals surface area (Å²) in [5, 5.41) is 0. The van der Waals surface area contributed by atoms with Crippen molar-refractivity contribution in [2.24, 2.45) is 0 Å². The molecule has 106 heavy (non-hydrogen) atoms. The molecule has 0 aromatic heterocycles. The van der Waals surface area contributed by atoms with Crippen molar-refractivity contribution in [3.05, 3.63) is 343 Å². The molecule has 4 aliphatic heterocycles. The van der Waals surface area contributed by atoms with Crippen LogP contribution in [0.4, 0.5) is 138 Å². The fraction of sp³-hybridized carbons (Fsp3) is 0.0233. The van der Waals surface area contributed by atoms with Crippen molar-refractivity contribution in [1.82, 2.24) is 0 Å². The average Bonchev–Trinajstić information content (AvgIpc) is 0.677. The monoisotopic (exact) mass is 1430 g/mol. The minimum absolute atomic E-state index is 0.0562. The van der Waals surface area contributed by atoms with Crippen LogP contribution in [0, 0.1) is 34.9 Å². The lowest BCUT2D eigenvalue weighted by molar-refractivity contribution is -0.139. The van der Waals surface area contributed by atoms with Crippen molar-refractivity contribution < 1.29 is 52.7 Å². The van der Waals surface area contributed by atoms with Gasteiger partial charge in [-0.05, 0) is 183 Å². The molecule has 5 nitrogen and oxygen atoms in total. The number of para-hydroxylation sites is 6. The first-order valence-electron chi connectivity index (χ1n) is 33.7. The van der Waals surface area contributed by atoms with Crippen LogP contribution < -0.4 is 57.3 Å². The van der Waals surface area contributed by atoms with Crippen LogP contribution in [0.2, 0.25) is 0 Å². The summed E-state index contributed by atoms with van der Waals surface area (Å²) in [7, 11) is 0. The number of halogens is 12. The van der Waals surface area contributed by atoms with Crippen LogP contribution in [0.15, 0.2) is 307 Å². The molecule has 0 N–H and O–H groups in total. The molecule has 4 aliphatic rings. The van der Waals surface area contributed by atoms with Crippen LogP contribution in [-0.2, 0) is 12.4 Å². The molecule has 0 atom stereocenters. The van der Waals surface area contributed by atoms with Crippen LogP contribution >= 0.6 is 11.8 Å². The molecule has 0 amide bonds. The molecule has 20 heteroatoms. The fourth-order valence-electron chi connectivity index (χ4n) is 15.7. The Kier molecular flexibility index (Phi) is 15.7. The molecule has 14 aromatic rings. The molecular formula is C86H49B2F12N5S. The Morgan fingerprint density at radius 1 is 0.292 bits per heavy atom. The summed E-state index contributed by atoms with van der Waals surface area (Å²) < 4.78 is 202. The van der Waals surface area contributed by atoms with E-state index in [1.54, 1.807) is 84.9 Å². The van der Waals surface area contributed by atoms with Crippen LogP contribution in [0.5, 0.6) is 0 Å². The van der Waals surface area contributed by atoms with Gasteiger partial charge in [-0.25, -0.2) is 26.3 Å². The summed E-state index contributed by atoms with van der Waals surface area (Å²) >= 11 is 0.761. The van der Waals surface area contributed by atoms with Gasteiger partial charge in [-0.3, -0.25) is 0 Å². The predicted octanol–water partition coefficient (Wildman–Crippen LogP) is 21.7. The SMILES string of the molecule is Fc1cccc(F)c1N(c1ccccc1)c1cc2c3c(c1)N(c1c(F)cccc1F)c1ccccc1B3c1cc3c(c(C(F)(F)F)c1N2c1ccc(C(F)(F)F)cc1)Sc1cc(N(c2ccc(-c4ccccc4)cc2)c2cccc(-c4ccccc4)c2)cc2c1B3c1ccccc1N2c1c(F)cccc1F.